The lowest BCUT2D eigenvalue weighted by molar-refractivity contribution is 0.586. The van der Waals surface area contributed by atoms with Gasteiger partial charge in [-0.05, 0) is 164 Å². The molecule has 81 heavy (non-hydrogen) atoms. The van der Waals surface area contributed by atoms with Crippen LogP contribution in [0.25, 0.3) is 11.1 Å². The van der Waals surface area contributed by atoms with Crippen molar-refractivity contribution in [2.75, 3.05) is 9.80 Å². The minimum Gasteiger partial charge on any atom is -0.311 e. The zero-order valence-electron chi connectivity index (χ0n) is 53.3. The molecule has 8 aromatic carbocycles. The fourth-order valence-corrected chi connectivity index (χ4v) is 12.9. The molecule has 0 amide bonds. The van der Waals surface area contributed by atoms with E-state index in [0.717, 1.165) is 6.42 Å². The van der Waals surface area contributed by atoms with Gasteiger partial charge >= 0.3 is 0 Å². The Hall–Kier alpha value is -6.58. The third-order valence-electron chi connectivity index (χ3n) is 17.8. The van der Waals surface area contributed by atoms with Gasteiger partial charge in [-0.2, -0.15) is 0 Å². The molecule has 2 aliphatic rings. The monoisotopic (exact) mass is 1070 g/mol. The Morgan fingerprint density at radius 2 is 0.815 bits per heavy atom. The van der Waals surface area contributed by atoms with E-state index < -0.39 is 0 Å². The second-order valence-corrected chi connectivity index (χ2v) is 31.2. The fraction of sp³-hybridized carbons (Fsp3) is 0.385. The third-order valence-corrected chi connectivity index (χ3v) is 17.8. The molecular weight excluding hydrogens is 976 g/mol. The maximum atomic E-state index is 2.64. The average Bonchev–Trinajstić information content (AvgIpc) is 2.31. The summed E-state index contributed by atoms with van der Waals surface area (Å²) >= 11 is 0. The molecule has 0 spiro atoms. The van der Waals surface area contributed by atoms with E-state index in [2.05, 4.69) is 319 Å². The van der Waals surface area contributed by atoms with Crippen LogP contribution >= 0.6 is 0 Å². The zero-order chi connectivity index (χ0) is 58.7. The van der Waals surface area contributed by atoms with Crippen LogP contribution in [-0.2, 0) is 44.3 Å². The number of para-hydroxylation sites is 2. The summed E-state index contributed by atoms with van der Waals surface area (Å²) in [5, 5.41) is 0. The van der Waals surface area contributed by atoms with Crippen molar-refractivity contribution in [1.82, 2.24) is 0 Å². The molecule has 8 aromatic rings. The highest BCUT2D eigenvalue weighted by atomic mass is 15.2. The van der Waals surface area contributed by atoms with Gasteiger partial charge in [0.25, 0.3) is 0 Å². The summed E-state index contributed by atoms with van der Waals surface area (Å²) in [6.45, 7) is 49.4. The molecule has 0 N–H and O–H groups in total. The van der Waals surface area contributed by atoms with Crippen LogP contribution in [0, 0.1) is 0 Å². The summed E-state index contributed by atoms with van der Waals surface area (Å²) in [4.78, 5) is 5.28. The molecule has 1 atom stereocenters. The van der Waals surface area contributed by atoms with E-state index in [9.17, 15) is 0 Å². The van der Waals surface area contributed by atoms with E-state index >= 15 is 0 Å². The Morgan fingerprint density at radius 3 is 1.31 bits per heavy atom. The molecule has 2 nitrogen and oxygen atoms in total. The maximum absolute atomic E-state index is 2.64. The van der Waals surface area contributed by atoms with Gasteiger partial charge in [0.1, 0.15) is 0 Å². The predicted octanol–water partition coefficient (Wildman–Crippen LogP) is 19.9. The van der Waals surface area contributed by atoms with Gasteiger partial charge in [-0.25, -0.2) is 0 Å². The van der Waals surface area contributed by atoms with Crippen molar-refractivity contribution in [3.05, 3.63) is 219 Å². The highest BCUT2D eigenvalue weighted by molar-refractivity contribution is 6.98. The second kappa shape index (κ2) is 20.1. The number of fused-ring (bicyclic) bond motifs is 4. The highest BCUT2D eigenvalue weighted by Gasteiger charge is 2.44. The van der Waals surface area contributed by atoms with Gasteiger partial charge in [-0.1, -0.05) is 272 Å². The van der Waals surface area contributed by atoms with Crippen molar-refractivity contribution in [2.24, 2.45) is 0 Å². The van der Waals surface area contributed by atoms with Crippen molar-refractivity contribution in [3.63, 3.8) is 0 Å². The summed E-state index contributed by atoms with van der Waals surface area (Å²) in [6, 6.07) is 65.3. The van der Waals surface area contributed by atoms with E-state index in [1.807, 2.05) is 0 Å². The van der Waals surface area contributed by atoms with E-state index in [4.69, 9.17) is 0 Å². The predicted molar refractivity (Wildman–Crippen MR) is 355 cm³/mol. The van der Waals surface area contributed by atoms with Crippen LogP contribution in [0.3, 0.4) is 0 Å². The summed E-state index contributed by atoms with van der Waals surface area (Å²) in [7, 11) is 0. The van der Waals surface area contributed by atoms with Crippen molar-refractivity contribution in [2.45, 2.75) is 196 Å². The van der Waals surface area contributed by atoms with Gasteiger partial charge in [-0.15, -0.1) is 0 Å². The Balaban J connectivity index is 1.39. The Bertz CT molecular complexity index is 3600. The number of anilines is 6. The quantitative estimate of drug-likeness (QED) is 0.153. The van der Waals surface area contributed by atoms with E-state index in [1.54, 1.807) is 0 Å². The minimum absolute atomic E-state index is 0.00544. The molecule has 0 saturated carbocycles. The molecular formula is C78H93BN2. The molecule has 1 unspecified atom stereocenters. The molecule has 0 aliphatic carbocycles. The molecule has 2 aliphatic heterocycles. The molecule has 10 rings (SSSR count). The van der Waals surface area contributed by atoms with Crippen LogP contribution in [0.15, 0.2) is 164 Å². The molecule has 0 aromatic heterocycles. The number of benzene rings is 8. The molecule has 0 radical (unpaired) electrons. The van der Waals surface area contributed by atoms with Crippen LogP contribution < -0.4 is 26.2 Å². The Kier molecular flexibility index (Phi) is 14.3. The summed E-state index contributed by atoms with van der Waals surface area (Å²) in [5.41, 5.74) is 27.1. The zero-order valence-corrected chi connectivity index (χ0v) is 53.3. The maximum Gasteiger partial charge on any atom is 0.247 e. The number of nitrogens with zero attached hydrogens (tertiary/aromatic N) is 2. The number of hydrogen-bond acceptors (Lipinski definition) is 2. The largest absolute Gasteiger partial charge is 0.311 e. The lowest BCUT2D eigenvalue weighted by Crippen LogP contribution is -2.58. The molecule has 0 fully saturated rings. The van der Waals surface area contributed by atoms with E-state index in [-0.39, 0.29) is 50.5 Å². The van der Waals surface area contributed by atoms with Crippen molar-refractivity contribution < 1.29 is 0 Å². The first-order valence-electron chi connectivity index (χ1n) is 30.2. The van der Waals surface area contributed by atoms with Crippen LogP contribution in [0.1, 0.15) is 207 Å². The first kappa shape index (κ1) is 57.7. The lowest BCUT2D eigenvalue weighted by Gasteiger charge is -2.41. The summed E-state index contributed by atoms with van der Waals surface area (Å²) in [5.74, 6) is 0.0243. The Labute approximate surface area is 490 Å². The second-order valence-electron chi connectivity index (χ2n) is 31.2. The first-order chi connectivity index (χ1) is 37.6. The van der Waals surface area contributed by atoms with Gasteiger partial charge in [0, 0.05) is 40.0 Å². The topological polar surface area (TPSA) is 6.48 Å². The van der Waals surface area contributed by atoms with Crippen LogP contribution in [0.4, 0.5) is 34.1 Å². The van der Waals surface area contributed by atoms with Crippen LogP contribution in [0.5, 0.6) is 0 Å². The SMILES string of the molecule is CC(C)(C)c1ccc(-c2cc(C(C)(C)C)ccc2C2Cc3cc(N(c4ccccc4C(C)(C)C)c4ccccc4C(C)(C)C)cc4c3B(c3cc(C(C)(C)C)ccc32)c2cc(C(C)(C)C)ccc2N4c2ccc(C(C)(C)C)cc2)cc1. The number of rotatable bonds is 6. The van der Waals surface area contributed by atoms with Crippen molar-refractivity contribution in [3.8, 4) is 11.1 Å². The highest BCUT2D eigenvalue weighted by Crippen LogP contribution is 2.50. The first-order valence-corrected chi connectivity index (χ1v) is 30.2. The molecule has 2 heterocycles. The standard InChI is InChI=1S/C78H93BN2/c1-72(2,3)52-32-30-50(31-33-52)61-46-54(74(7,8)9)36-41-59(61)62-45-51-44-58(81(67-28-24-22-26-63(67)77(16,17)18)68-29-25-23-27-64(68)78(19,20)21)49-70-71(51)79(65-47-55(75(10,11)12)37-42-60(62)65)66-48-56(76(13,14)15)38-43-69(66)80(70)57-39-34-53(35-40-57)73(4,5)6/h22-44,46-49,62H,45H2,1-21H3. The van der Waals surface area contributed by atoms with Crippen LogP contribution in [-0.4, -0.2) is 6.71 Å². The molecule has 0 saturated heterocycles. The van der Waals surface area contributed by atoms with E-state index in [0.29, 0.717) is 0 Å². The van der Waals surface area contributed by atoms with E-state index in [1.165, 1.54) is 117 Å². The fourth-order valence-electron chi connectivity index (χ4n) is 12.9. The van der Waals surface area contributed by atoms with Crippen molar-refractivity contribution in [1.29, 1.82) is 0 Å². The van der Waals surface area contributed by atoms with Gasteiger partial charge in [0.2, 0.25) is 6.71 Å². The third kappa shape index (κ3) is 11.0. The molecule has 418 valence electrons. The number of hydrogen-bond donors (Lipinski definition) is 0. The van der Waals surface area contributed by atoms with Gasteiger partial charge in [0.05, 0.1) is 0 Å². The lowest BCUT2D eigenvalue weighted by atomic mass is 9.34. The smallest absolute Gasteiger partial charge is 0.247 e. The Morgan fingerprint density at radius 1 is 0.383 bits per heavy atom. The minimum atomic E-state index is -0.140. The van der Waals surface area contributed by atoms with Crippen LogP contribution in [0.2, 0.25) is 0 Å². The normalized spacial score (nSPS) is 15.0. The molecule has 3 heteroatoms. The summed E-state index contributed by atoms with van der Waals surface area (Å²) in [6.07, 6.45) is 0.817. The molecule has 0 bridgehead atoms. The average molecular weight is 1070 g/mol. The summed E-state index contributed by atoms with van der Waals surface area (Å²) < 4.78 is 0. The van der Waals surface area contributed by atoms with Gasteiger partial charge in [-0.3, -0.25) is 0 Å². The van der Waals surface area contributed by atoms with Crippen molar-refractivity contribution >= 4 is 57.2 Å². The van der Waals surface area contributed by atoms with Gasteiger partial charge in [0.15, 0.2) is 0 Å². The van der Waals surface area contributed by atoms with Gasteiger partial charge < -0.3 is 9.80 Å².